The number of aryl methyl sites for hydroxylation is 1. The van der Waals surface area contributed by atoms with Gasteiger partial charge in [0.2, 0.25) is 0 Å². The van der Waals surface area contributed by atoms with Gasteiger partial charge in [0.1, 0.15) is 0 Å². The molecule has 0 aliphatic carbocycles. The summed E-state index contributed by atoms with van der Waals surface area (Å²) in [5.74, 6) is 0.0286. The molecule has 4 rings (SSSR count). The van der Waals surface area contributed by atoms with Crippen molar-refractivity contribution < 1.29 is 14.7 Å². The summed E-state index contributed by atoms with van der Waals surface area (Å²) in [7, 11) is 1.97. The zero-order chi connectivity index (χ0) is 19.0. The molecule has 2 aromatic carbocycles. The molecule has 1 fully saturated rings. The van der Waals surface area contributed by atoms with E-state index in [0.29, 0.717) is 24.9 Å². The van der Waals surface area contributed by atoms with Crippen LogP contribution < -0.4 is 0 Å². The molecule has 138 valence electrons. The molecule has 1 aliphatic heterocycles. The van der Waals surface area contributed by atoms with Crippen molar-refractivity contribution in [3.63, 3.8) is 0 Å². The van der Waals surface area contributed by atoms with Crippen LogP contribution in [0.2, 0.25) is 0 Å². The zero-order valence-electron chi connectivity index (χ0n) is 15.3. The maximum absolute atomic E-state index is 13.6. The number of hydrogen-bond donors (Lipinski definition) is 1. The second kappa shape index (κ2) is 6.58. The van der Waals surface area contributed by atoms with E-state index >= 15 is 0 Å². The Bertz CT molecular complexity index is 1010. The summed E-state index contributed by atoms with van der Waals surface area (Å²) in [5, 5.41) is 10.4. The third-order valence-corrected chi connectivity index (χ3v) is 5.64. The Morgan fingerprint density at radius 2 is 1.89 bits per heavy atom. The lowest BCUT2D eigenvalue weighted by atomic mass is 9.74. The summed E-state index contributed by atoms with van der Waals surface area (Å²) in [6.45, 7) is 0.629. The van der Waals surface area contributed by atoms with Crippen LogP contribution in [0, 0.1) is 5.41 Å². The van der Waals surface area contributed by atoms with E-state index in [1.54, 1.807) is 0 Å². The normalized spacial score (nSPS) is 19.5. The van der Waals surface area contributed by atoms with E-state index in [4.69, 9.17) is 0 Å². The topological polar surface area (TPSA) is 62.5 Å². The first-order valence-corrected chi connectivity index (χ1v) is 9.10. The Labute approximate surface area is 157 Å². The van der Waals surface area contributed by atoms with E-state index in [1.807, 2.05) is 72.4 Å². The van der Waals surface area contributed by atoms with Crippen molar-refractivity contribution in [2.75, 3.05) is 13.1 Å². The molecule has 0 radical (unpaired) electrons. The van der Waals surface area contributed by atoms with Gasteiger partial charge in [0, 0.05) is 42.8 Å². The number of aromatic nitrogens is 1. The molecule has 0 spiro atoms. The van der Waals surface area contributed by atoms with Crippen LogP contribution in [0.15, 0.2) is 60.8 Å². The number of fused-ring (bicyclic) bond motifs is 1. The van der Waals surface area contributed by atoms with Gasteiger partial charge in [-0.05, 0) is 42.7 Å². The van der Waals surface area contributed by atoms with Crippen LogP contribution in [-0.4, -0.2) is 39.5 Å². The van der Waals surface area contributed by atoms with Gasteiger partial charge in [-0.1, -0.05) is 30.3 Å². The number of nitrogens with zero attached hydrogens (tertiary/aromatic N) is 2. The number of benzene rings is 2. The van der Waals surface area contributed by atoms with E-state index in [-0.39, 0.29) is 12.3 Å². The van der Waals surface area contributed by atoms with Gasteiger partial charge in [-0.25, -0.2) is 4.79 Å². The van der Waals surface area contributed by atoms with E-state index in [0.717, 1.165) is 16.5 Å². The van der Waals surface area contributed by atoms with Gasteiger partial charge in [-0.3, -0.25) is 4.79 Å². The highest BCUT2D eigenvalue weighted by Gasteiger charge is 2.46. The van der Waals surface area contributed by atoms with Crippen molar-refractivity contribution in [3.05, 3.63) is 71.9 Å². The number of rotatable bonds is 4. The molecule has 0 bridgehead atoms. The Balaban J connectivity index is 1.72. The highest BCUT2D eigenvalue weighted by molar-refractivity contribution is 6.04. The van der Waals surface area contributed by atoms with Gasteiger partial charge in [0.05, 0.1) is 5.41 Å². The molecule has 1 N–H and O–H groups in total. The molecule has 1 aromatic heterocycles. The van der Waals surface area contributed by atoms with Gasteiger partial charge in [-0.15, -0.1) is 0 Å². The fourth-order valence-electron chi connectivity index (χ4n) is 4.16. The van der Waals surface area contributed by atoms with Gasteiger partial charge >= 0.3 is 6.09 Å². The van der Waals surface area contributed by atoms with Crippen molar-refractivity contribution in [1.82, 2.24) is 9.47 Å². The van der Waals surface area contributed by atoms with Crippen LogP contribution in [0.5, 0.6) is 0 Å². The third-order valence-electron chi connectivity index (χ3n) is 5.64. The fourth-order valence-corrected chi connectivity index (χ4v) is 4.16. The van der Waals surface area contributed by atoms with Crippen molar-refractivity contribution in [1.29, 1.82) is 0 Å². The summed E-state index contributed by atoms with van der Waals surface area (Å²) in [4.78, 5) is 26.4. The number of likely N-dealkylation sites (tertiary alicyclic amines) is 1. The van der Waals surface area contributed by atoms with Crippen LogP contribution >= 0.6 is 0 Å². The molecule has 1 saturated heterocycles. The lowest BCUT2D eigenvalue weighted by Gasteiger charge is -2.28. The van der Waals surface area contributed by atoms with Gasteiger partial charge in [-0.2, -0.15) is 0 Å². The van der Waals surface area contributed by atoms with Crippen LogP contribution in [-0.2, 0) is 13.5 Å². The fraction of sp³-hybridized carbons (Fsp3) is 0.273. The average molecular weight is 362 g/mol. The van der Waals surface area contributed by atoms with E-state index in [2.05, 4.69) is 0 Å². The first kappa shape index (κ1) is 17.3. The first-order chi connectivity index (χ1) is 13.0. The zero-order valence-corrected chi connectivity index (χ0v) is 15.3. The number of amides is 1. The van der Waals surface area contributed by atoms with E-state index in [9.17, 15) is 14.7 Å². The number of carboxylic acid groups (broad SMARTS) is 1. The summed E-state index contributed by atoms with van der Waals surface area (Å²) in [6, 6.07) is 17.6. The molecule has 5 heteroatoms. The smallest absolute Gasteiger partial charge is 0.407 e. The monoisotopic (exact) mass is 362 g/mol. The van der Waals surface area contributed by atoms with E-state index < -0.39 is 11.5 Å². The van der Waals surface area contributed by atoms with Crippen molar-refractivity contribution in [2.24, 2.45) is 12.5 Å². The molecule has 1 amide bonds. The molecule has 0 saturated carbocycles. The standard InChI is InChI=1S/C22H22N2O3/c1-23-11-9-17-13-18(7-8-19(17)23)20(25)22(10-12-24(15-22)21(26)27)14-16-5-3-2-4-6-16/h2-9,11,13H,10,12,14-15H2,1H3,(H,26,27). The van der Waals surface area contributed by atoms with Crippen molar-refractivity contribution in [3.8, 4) is 0 Å². The van der Waals surface area contributed by atoms with Gasteiger partial charge < -0.3 is 14.6 Å². The first-order valence-electron chi connectivity index (χ1n) is 9.10. The highest BCUT2D eigenvalue weighted by Crippen LogP contribution is 2.38. The van der Waals surface area contributed by atoms with Crippen LogP contribution in [0.1, 0.15) is 22.3 Å². The SMILES string of the molecule is Cn1ccc2cc(C(=O)C3(Cc4ccccc4)CCN(C(=O)O)C3)ccc21. The molecule has 5 nitrogen and oxygen atoms in total. The van der Waals surface area contributed by atoms with Crippen LogP contribution in [0.4, 0.5) is 4.79 Å². The lowest BCUT2D eigenvalue weighted by Crippen LogP contribution is -2.38. The minimum absolute atomic E-state index is 0.0286. The Morgan fingerprint density at radius 1 is 1.11 bits per heavy atom. The Hall–Kier alpha value is -3.08. The molecule has 2 heterocycles. The lowest BCUT2D eigenvalue weighted by molar-refractivity contribution is 0.0796. The molecule has 1 aliphatic rings. The second-order valence-corrected chi connectivity index (χ2v) is 7.43. The van der Waals surface area contributed by atoms with Crippen molar-refractivity contribution >= 4 is 22.8 Å². The third kappa shape index (κ3) is 3.10. The quantitative estimate of drug-likeness (QED) is 0.714. The summed E-state index contributed by atoms with van der Waals surface area (Å²) < 4.78 is 2.02. The number of ketones is 1. The summed E-state index contributed by atoms with van der Waals surface area (Å²) in [5.41, 5.74) is 2.06. The Morgan fingerprint density at radius 3 is 2.59 bits per heavy atom. The minimum Gasteiger partial charge on any atom is -0.465 e. The molecule has 1 unspecified atom stereocenters. The number of carbonyl (C=O) groups is 2. The average Bonchev–Trinajstić information content (AvgIpc) is 3.27. The number of hydrogen-bond acceptors (Lipinski definition) is 2. The summed E-state index contributed by atoms with van der Waals surface area (Å²) >= 11 is 0. The van der Waals surface area contributed by atoms with Gasteiger partial charge in [0.15, 0.2) is 5.78 Å². The largest absolute Gasteiger partial charge is 0.465 e. The Kier molecular flexibility index (Phi) is 4.22. The van der Waals surface area contributed by atoms with Gasteiger partial charge in [0.25, 0.3) is 0 Å². The minimum atomic E-state index is -0.962. The maximum Gasteiger partial charge on any atom is 0.407 e. The highest BCUT2D eigenvalue weighted by atomic mass is 16.4. The van der Waals surface area contributed by atoms with Crippen LogP contribution in [0.3, 0.4) is 0 Å². The molecule has 27 heavy (non-hydrogen) atoms. The molecular weight excluding hydrogens is 340 g/mol. The van der Waals surface area contributed by atoms with Crippen LogP contribution in [0.25, 0.3) is 10.9 Å². The maximum atomic E-state index is 13.6. The predicted octanol–water partition coefficient (Wildman–Crippen LogP) is 3.97. The summed E-state index contributed by atoms with van der Waals surface area (Å²) in [6.07, 6.45) is 2.10. The number of carbonyl (C=O) groups excluding carboxylic acids is 1. The molecule has 1 atom stereocenters. The number of Topliss-reactive ketones (excluding diaryl/α,β-unsaturated/α-hetero) is 1. The van der Waals surface area contributed by atoms with Crippen molar-refractivity contribution in [2.45, 2.75) is 12.8 Å². The molecule has 3 aromatic rings. The molecular formula is C22H22N2O3. The van der Waals surface area contributed by atoms with E-state index in [1.165, 1.54) is 4.90 Å². The second-order valence-electron chi connectivity index (χ2n) is 7.43. The predicted molar refractivity (Wildman–Crippen MR) is 104 cm³/mol.